The van der Waals surface area contributed by atoms with Crippen molar-refractivity contribution in [3.05, 3.63) is 71.2 Å². The summed E-state index contributed by atoms with van der Waals surface area (Å²) in [7, 11) is 0. The summed E-state index contributed by atoms with van der Waals surface area (Å²) in [6.45, 7) is 3.56. The van der Waals surface area contributed by atoms with Crippen molar-refractivity contribution in [3.8, 4) is 5.95 Å². The number of para-hydroxylation sites is 1. The highest BCUT2D eigenvalue weighted by molar-refractivity contribution is 6.06. The maximum absolute atomic E-state index is 14.2. The number of benzene rings is 2. The van der Waals surface area contributed by atoms with Crippen molar-refractivity contribution in [2.75, 3.05) is 11.1 Å². The fourth-order valence-corrected chi connectivity index (χ4v) is 3.88. The van der Waals surface area contributed by atoms with Crippen LogP contribution in [0.2, 0.25) is 0 Å². The van der Waals surface area contributed by atoms with E-state index in [4.69, 9.17) is 5.73 Å². The van der Waals surface area contributed by atoms with Crippen molar-refractivity contribution in [3.63, 3.8) is 0 Å². The Morgan fingerprint density at radius 3 is 2.63 bits per heavy atom. The second-order valence-electron chi connectivity index (χ2n) is 7.86. The minimum absolute atomic E-state index is 0.179. The Balaban J connectivity index is 1.67. The van der Waals surface area contributed by atoms with Crippen LogP contribution in [0.1, 0.15) is 30.7 Å². The number of nitrogens with zero attached hydrogens (tertiary/aromatic N) is 4. The van der Waals surface area contributed by atoms with Crippen LogP contribution in [0.3, 0.4) is 0 Å². The van der Waals surface area contributed by atoms with Gasteiger partial charge in [-0.2, -0.15) is 19.7 Å². The first-order valence-electron chi connectivity index (χ1n) is 9.56. The molecular weight excluding hydrogens is 383 g/mol. The minimum Gasteiger partial charge on any atom is -0.383 e. The number of carbonyl (C=O) groups excluding carboxylic acids is 1. The number of aromatic nitrogens is 4. The van der Waals surface area contributed by atoms with Crippen molar-refractivity contribution in [2.24, 2.45) is 0 Å². The average molecular weight is 402 g/mol. The normalized spacial score (nSPS) is 14.7. The second-order valence-corrected chi connectivity index (χ2v) is 7.86. The molecule has 8 heteroatoms. The third-order valence-corrected chi connectivity index (χ3v) is 5.52. The quantitative estimate of drug-likeness (QED) is 0.548. The van der Waals surface area contributed by atoms with E-state index in [1.165, 1.54) is 6.07 Å². The molecule has 0 atom stereocenters. The van der Waals surface area contributed by atoms with Gasteiger partial charge in [0, 0.05) is 11.8 Å². The van der Waals surface area contributed by atoms with Gasteiger partial charge in [0.15, 0.2) is 0 Å². The molecule has 3 heterocycles. The summed E-state index contributed by atoms with van der Waals surface area (Å²) in [4.78, 5) is 21.3. The number of carbonyl (C=O) groups is 1. The van der Waals surface area contributed by atoms with Crippen molar-refractivity contribution in [1.82, 2.24) is 19.7 Å². The number of anilines is 2. The van der Waals surface area contributed by atoms with Crippen LogP contribution in [0, 0.1) is 5.82 Å². The summed E-state index contributed by atoms with van der Waals surface area (Å²) in [5, 5.41) is 8.32. The molecule has 0 unspecified atom stereocenters. The Hall–Kier alpha value is -3.81. The lowest BCUT2D eigenvalue weighted by molar-refractivity contribution is -0.119. The maximum atomic E-state index is 14.2. The molecule has 1 aliphatic rings. The molecule has 2 aromatic heterocycles. The molecule has 1 aliphatic heterocycles. The standard InChI is InChI=1S/C22H19FN6O/c1-22(2)17-18(24)25-21(27-19(17)26-20(22)30)29-16-10-6-4-8-13(16)15(28-29)11-12-7-3-5-9-14(12)23/h3-10H,11H2,1-2H3,(H3,24,25,26,27,30). The fourth-order valence-electron chi connectivity index (χ4n) is 3.88. The first-order chi connectivity index (χ1) is 14.4. The summed E-state index contributed by atoms with van der Waals surface area (Å²) >= 11 is 0. The Morgan fingerprint density at radius 2 is 1.83 bits per heavy atom. The summed E-state index contributed by atoms with van der Waals surface area (Å²) < 4.78 is 15.8. The average Bonchev–Trinajstić information content (AvgIpc) is 3.18. The van der Waals surface area contributed by atoms with E-state index in [0.717, 1.165) is 10.9 Å². The SMILES string of the molecule is CC1(C)C(=O)Nc2nc(-n3nc(Cc4ccccc4F)c4ccccc43)nc(N)c21. The van der Waals surface area contributed by atoms with Crippen LogP contribution in [-0.2, 0) is 16.6 Å². The van der Waals surface area contributed by atoms with Gasteiger partial charge in [0.05, 0.1) is 22.2 Å². The van der Waals surface area contributed by atoms with Gasteiger partial charge in [0.25, 0.3) is 5.95 Å². The van der Waals surface area contributed by atoms with Gasteiger partial charge < -0.3 is 11.1 Å². The van der Waals surface area contributed by atoms with E-state index in [0.29, 0.717) is 29.1 Å². The van der Waals surface area contributed by atoms with Gasteiger partial charge in [-0.15, -0.1) is 0 Å². The zero-order valence-electron chi connectivity index (χ0n) is 16.5. The summed E-state index contributed by atoms with van der Waals surface area (Å²) in [6, 6.07) is 14.2. The minimum atomic E-state index is -0.805. The monoisotopic (exact) mass is 402 g/mol. The molecule has 150 valence electrons. The van der Waals surface area contributed by atoms with E-state index >= 15 is 0 Å². The molecule has 0 saturated carbocycles. The van der Waals surface area contributed by atoms with Crippen molar-refractivity contribution in [2.45, 2.75) is 25.7 Å². The van der Waals surface area contributed by atoms with Crippen molar-refractivity contribution in [1.29, 1.82) is 0 Å². The third-order valence-electron chi connectivity index (χ3n) is 5.52. The van der Waals surface area contributed by atoms with Gasteiger partial charge in [-0.1, -0.05) is 36.4 Å². The predicted octanol–water partition coefficient (Wildman–Crippen LogP) is 3.36. The van der Waals surface area contributed by atoms with Crippen LogP contribution in [0.4, 0.5) is 16.0 Å². The number of fused-ring (bicyclic) bond motifs is 2. The molecule has 5 rings (SSSR count). The summed E-state index contributed by atoms with van der Waals surface area (Å²) in [5.41, 5.74) is 8.00. The third kappa shape index (κ3) is 2.64. The first-order valence-corrected chi connectivity index (χ1v) is 9.56. The smallest absolute Gasteiger partial charge is 0.255 e. The van der Waals surface area contributed by atoms with Crippen LogP contribution in [0.25, 0.3) is 16.9 Å². The van der Waals surface area contributed by atoms with Crippen LogP contribution < -0.4 is 11.1 Å². The molecule has 1 amide bonds. The molecule has 2 aromatic carbocycles. The molecule has 3 N–H and O–H groups in total. The number of amides is 1. The van der Waals surface area contributed by atoms with Gasteiger partial charge >= 0.3 is 0 Å². The van der Waals surface area contributed by atoms with Crippen molar-refractivity contribution >= 4 is 28.4 Å². The molecule has 0 bridgehead atoms. The maximum Gasteiger partial charge on any atom is 0.255 e. The van der Waals surface area contributed by atoms with E-state index in [1.807, 2.05) is 24.3 Å². The highest BCUT2D eigenvalue weighted by Crippen LogP contribution is 2.39. The summed E-state index contributed by atoms with van der Waals surface area (Å²) in [6.07, 6.45) is 0.324. The van der Waals surface area contributed by atoms with E-state index < -0.39 is 5.41 Å². The van der Waals surface area contributed by atoms with Crippen molar-refractivity contribution < 1.29 is 9.18 Å². The molecule has 7 nitrogen and oxygen atoms in total. The molecule has 0 saturated heterocycles. The number of halogens is 1. The highest BCUT2D eigenvalue weighted by atomic mass is 19.1. The van der Waals surface area contributed by atoms with E-state index in [2.05, 4.69) is 20.4 Å². The Morgan fingerprint density at radius 1 is 1.10 bits per heavy atom. The van der Waals surface area contributed by atoms with Crippen LogP contribution in [0.5, 0.6) is 0 Å². The summed E-state index contributed by atoms with van der Waals surface area (Å²) in [5.74, 6) is 0.414. The number of nitrogen functional groups attached to an aromatic ring is 1. The van der Waals surface area contributed by atoms with Crippen LogP contribution in [0.15, 0.2) is 48.5 Å². The van der Waals surface area contributed by atoms with Gasteiger partial charge in [-0.3, -0.25) is 4.79 Å². The zero-order chi connectivity index (χ0) is 21.0. The zero-order valence-corrected chi connectivity index (χ0v) is 16.5. The molecule has 0 radical (unpaired) electrons. The lowest BCUT2D eigenvalue weighted by Crippen LogP contribution is -2.27. The number of rotatable bonds is 3. The number of hydrogen-bond acceptors (Lipinski definition) is 5. The van der Waals surface area contributed by atoms with Gasteiger partial charge in [0.1, 0.15) is 17.5 Å². The Bertz CT molecular complexity index is 1330. The predicted molar refractivity (Wildman–Crippen MR) is 112 cm³/mol. The lowest BCUT2D eigenvalue weighted by Gasteiger charge is -2.16. The lowest BCUT2D eigenvalue weighted by atomic mass is 9.87. The molecule has 0 fully saturated rings. The van der Waals surface area contributed by atoms with E-state index in [1.54, 1.807) is 36.7 Å². The first kappa shape index (κ1) is 18.2. The number of hydrogen-bond donors (Lipinski definition) is 2. The van der Waals surface area contributed by atoms with Gasteiger partial charge in [-0.05, 0) is 31.5 Å². The molecule has 30 heavy (non-hydrogen) atoms. The topological polar surface area (TPSA) is 98.7 Å². The number of nitrogens with two attached hydrogens (primary N) is 1. The van der Waals surface area contributed by atoms with Gasteiger partial charge in [-0.25, -0.2) is 4.39 Å². The van der Waals surface area contributed by atoms with E-state index in [9.17, 15) is 9.18 Å². The number of nitrogens with one attached hydrogen (secondary N) is 1. The highest BCUT2D eigenvalue weighted by Gasteiger charge is 2.42. The largest absolute Gasteiger partial charge is 0.383 e. The Kier molecular flexibility index (Phi) is 3.86. The Labute approximate surface area is 171 Å². The van der Waals surface area contributed by atoms with Gasteiger partial charge in [0.2, 0.25) is 5.91 Å². The molecule has 0 spiro atoms. The van der Waals surface area contributed by atoms with E-state index in [-0.39, 0.29) is 23.5 Å². The van der Waals surface area contributed by atoms with Crippen LogP contribution in [-0.4, -0.2) is 25.7 Å². The van der Waals surface area contributed by atoms with Crippen LogP contribution >= 0.6 is 0 Å². The molecular formula is C22H19FN6O. The molecule has 4 aromatic rings. The second kappa shape index (κ2) is 6.35. The fraction of sp³-hybridized carbons (Fsp3) is 0.182. The molecule has 0 aliphatic carbocycles.